The number of nitrogens with zero attached hydrogens (tertiary/aromatic N) is 1. The molecule has 0 rings (SSSR count). The van der Waals surface area contributed by atoms with Crippen LogP contribution in [0.15, 0.2) is 0 Å². The fraction of sp³-hybridized carbons (Fsp3) is 1.00. The summed E-state index contributed by atoms with van der Waals surface area (Å²) in [5, 5.41) is 0. The van der Waals surface area contributed by atoms with Gasteiger partial charge in [0, 0.05) is 14.2 Å². The van der Waals surface area contributed by atoms with Crippen molar-refractivity contribution in [3.05, 3.63) is 0 Å². The second-order valence-corrected chi connectivity index (χ2v) is 3.46. The van der Waals surface area contributed by atoms with Crippen LogP contribution < -0.4 is 0 Å². The van der Waals surface area contributed by atoms with Crippen molar-refractivity contribution in [3.63, 3.8) is 0 Å². The van der Waals surface area contributed by atoms with Crippen LogP contribution >= 0.6 is 8.53 Å². The molecule has 0 aromatic rings. The average Bonchev–Trinajstić information content (AvgIpc) is 1.69. The Hall–Kier alpha value is 0.310. The zero-order chi connectivity index (χ0) is 6.57. The summed E-state index contributed by atoms with van der Waals surface area (Å²) in [6.45, 7) is 0. The van der Waals surface area contributed by atoms with E-state index in [4.69, 9.17) is 9.05 Å². The van der Waals surface area contributed by atoms with Crippen molar-refractivity contribution < 1.29 is 9.05 Å². The minimum atomic E-state index is -0.782. The minimum Gasteiger partial charge on any atom is -0.325 e. The van der Waals surface area contributed by atoms with Crippen LogP contribution in [0.25, 0.3) is 0 Å². The van der Waals surface area contributed by atoms with E-state index in [2.05, 4.69) is 0 Å². The van der Waals surface area contributed by atoms with Crippen LogP contribution in [-0.4, -0.2) is 33.0 Å². The Balaban J connectivity index is 3.35. The summed E-state index contributed by atoms with van der Waals surface area (Å²) in [6.07, 6.45) is 0. The molecule has 3 nitrogen and oxygen atoms in total. The first-order valence-electron chi connectivity index (χ1n) is 2.28. The van der Waals surface area contributed by atoms with Crippen LogP contribution in [0.4, 0.5) is 0 Å². The van der Waals surface area contributed by atoms with Gasteiger partial charge in [-0.1, -0.05) is 0 Å². The topological polar surface area (TPSA) is 21.7 Å². The lowest BCUT2D eigenvalue weighted by Gasteiger charge is -2.17. The highest BCUT2D eigenvalue weighted by Gasteiger charge is 2.07. The Labute approximate surface area is 51.6 Å². The first kappa shape index (κ1) is 8.31. The molecule has 0 spiro atoms. The summed E-state index contributed by atoms with van der Waals surface area (Å²) in [4.78, 5) is 0. The molecule has 0 fully saturated rings. The van der Waals surface area contributed by atoms with E-state index in [0.717, 1.165) is 0 Å². The molecule has 4 heteroatoms. The molecule has 0 aliphatic carbocycles. The van der Waals surface area contributed by atoms with Crippen LogP contribution in [0.3, 0.4) is 0 Å². The predicted molar refractivity (Wildman–Crippen MR) is 34.6 cm³/mol. The van der Waals surface area contributed by atoms with Gasteiger partial charge in [-0.15, -0.1) is 0 Å². The molecule has 0 aromatic heterocycles. The maximum Gasteiger partial charge on any atom is 0.257 e. The molecule has 0 saturated carbocycles. The maximum absolute atomic E-state index is 4.93. The van der Waals surface area contributed by atoms with Gasteiger partial charge in [-0.3, -0.25) is 0 Å². The van der Waals surface area contributed by atoms with Crippen molar-refractivity contribution in [1.82, 2.24) is 4.67 Å². The lowest BCUT2D eigenvalue weighted by atomic mass is 11.3. The van der Waals surface area contributed by atoms with E-state index < -0.39 is 8.53 Å². The standard InChI is InChI=1S/C4H12NO2P/c1-5(2)8(6-3)7-4/h1-4H3. The molecule has 0 aliphatic rings. The molecule has 0 unspecified atom stereocenters. The Morgan fingerprint density at radius 1 is 1.12 bits per heavy atom. The lowest BCUT2D eigenvalue weighted by molar-refractivity contribution is 0.298. The minimum absolute atomic E-state index is 0.782. The molecule has 8 heavy (non-hydrogen) atoms. The molecule has 0 bridgehead atoms. The van der Waals surface area contributed by atoms with Crippen molar-refractivity contribution in [3.8, 4) is 0 Å². The second-order valence-electron chi connectivity index (χ2n) is 1.45. The predicted octanol–water partition coefficient (Wildman–Crippen LogP) is 1.07. The molecule has 0 saturated heterocycles. The Kier molecular flexibility index (Phi) is 4.38. The first-order chi connectivity index (χ1) is 3.72. The van der Waals surface area contributed by atoms with E-state index >= 15 is 0 Å². The van der Waals surface area contributed by atoms with Crippen molar-refractivity contribution in [2.24, 2.45) is 0 Å². The fourth-order valence-corrected chi connectivity index (χ4v) is 1.20. The smallest absolute Gasteiger partial charge is 0.257 e. The lowest BCUT2D eigenvalue weighted by Crippen LogP contribution is -2.05. The highest BCUT2D eigenvalue weighted by Crippen LogP contribution is 2.37. The van der Waals surface area contributed by atoms with Crippen molar-refractivity contribution in [2.45, 2.75) is 0 Å². The number of rotatable bonds is 3. The quantitative estimate of drug-likeness (QED) is 0.543. The van der Waals surface area contributed by atoms with Crippen molar-refractivity contribution >= 4 is 8.53 Å². The third-order valence-electron chi connectivity index (χ3n) is 0.639. The Morgan fingerprint density at radius 2 is 1.50 bits per heavy atom. The molecule has 0 aromatic carbocycles. The van der Waals surface area contributed by atoms with Gasteiger partial charge in [0.25, 0.3) is 8.53 Å². The van der Waals surface area contributed by atoms with Crippen LogP contribution in [0.2, 0.25) is 0 Å². The van der Waals surface area contributed by atoms with Crippen LogP contribution in [-0.2, 0) is 9.05 Å². The number of hydrogen-bond donors (Lipinski definition) is 0. The van der Waals surface area contributed by atoms with E-state index in [1.165, 1.54) is 0 Å². The van der Waals surface area contributed by atoms with Crippen LogP contribution in [0, 0.1) is 0 Å². The summed E-state index contributed by atoms with van der Waals surface area (Å²) in [5.74, 6) is 0. The van der Waals surface area contributed by atoms with Gasteiger partial charge in [-0.2, -0.15) is 0 Å². The van der Waals surface area contributed by atoms with Crippen molar-refractivity contribution in [2.75, 3.05) is 28.3 Å². The highest BCUT2D eigenvalue weighted by atomic mass is 31.2. The average molecular weight is 137 g/mol. The Bertz CT molecular complexity index is 56.0. The van der Waals surface area contributed by atoms with Gasteiger partial charge in [0.15, 0.2) is 0 Å². The van der Waals surface area contributed by atoms with E-state index in [9.17, 15) is 0 Å². The summed E-state index contributed by atoms with van der Waals surface area (Å²) in [5.41, 5.74) is 0. The monoisotopic (exact) mass is 137 g/mol. The summed E-state index contributed by atoms with van der Waals surface area (Å²) in [6, 6.07) is 0. The van der Waals surface area contributed by atoms with E-state index in [1.807, 2.05) is 18.8 Å². The third kappa shape index (κ3) is 2.58. The SMILES string of the molecule is COP(OC)N(C)C. The van der Waals surface area contributed by atoms with E-state index in [1.54, 1.807) is 14.2 Å². The molecule has 0 aliphatic heterocycles. The van der Waals surface area contributed by atoms with Gasteiger partial charge in [-0.25, -0.2) is 4.67 Å². The number of hydrogen-bond acceptors (Lipinski definition) is 3. The highest BCUT2D eigenvalue weighted by molar-refractivity contribution is 7.44. The Morgan fingerprint density at radius 3 is 1.50 bits per heavy atom. The van der Waals surface area contributed by atoms with Gasteiger partial charge in [0.05, 0.1) is 0 Å². The summed E-state index contributed by atoms with van der Waals surface area (Å²) in [7, 11) is 6.32. The van der Waals surface area contributed by atoms with Gasteiger partial charge >= 0.3 is 0 Å². The van der Waals surface area contributed by atoms with Crippen molar-refractivity contribution in [1.29, 1.82) is 0 Å². The zero-order valence-electron chi connectivity index (χ0n) is 5.71. The maximum atomic E-state index is 4.93. The fourth-order valence-electron chi connectivity index (χ4n) is 0.401. The molecular formula is C4H12NO2P. The van der Waals surface area contributed by atoms with Gasteiger partial charge in [-0.05, 0) is 14.1 Å². The molecule has 0 heterocycles. The van der Waals surface area contributed by atoms with E-state index in [-0.39, 0.29) is 0 Å². The summed E-state index contributed by atoms with van der Waals surface area (Å²) >= 11 is 0. The molecule has 0 atom stereocenters. The zero-order valence-corrected chi connectivity index (χ0v) is 6.61. The molecule has 50 valence electrons. The van der Waals surface area contributed by atoms with Gasteiger partial charge in [0.1, 0.15) is 0 Å². The third-order valence-corrected chi connectivity index (χ3v) is 1.92. The molecule has 0 amide bonds. The normalized spacial score (nSPS) is 11.2. The molecule has 0 radical (unpaired) electrons. The largest absolute Gasteiger partial charge is 0.325 e. The van der Waals surface area contributed by atoms with Gasteiger partial charge in [0.2, 0.25) is 0 Å². The van der Waals surface area contributed by atoms with Crippen LogP contribution in [0.5, 0.6) is 0 Å². The van der Waals surface area contributed by atoms with Crippen LogP contribution in [0.1, 0.15) is 0 Å². The molecule has 0 N–H and O–H groups in total. The van der Waals surface area contributed by atoms with Gasteiger partial charge < -0.3 is 9.05 Å². The summed E-state index contributed by atoms with van der Waals surface area (Å²) < 4.78 is 11.8. The first-order valence-corrected chi connectivity index (χ1v) is 3.41. The molecular weight excluding hydrogens is 125 g/mol. The van der Waals surface area contributed by atoms with E-state index in [0.29, 0.717) is 0 Å². The second kappa shape index (κ2) is 4.21.